The van der Waals surface area contributed by atoms with Crippen LogP contribution in [0, 0.1) is 11.7 Å². The molecule has 0 bridgehead atoms. The molecule has 3 nitrogen and oxygen atoms in total. The molecule has 1 saturated heterocycles. The lowest BCUT2D eigenvalue weighted by Crippen LogP contribution is -2.34. The van der Waals surface area contributed by atoms with Gasteiger partial charge in [0, 0.05) is 24.4 Å². The molecule has 2 N–H and O–H groups in total. The van der Waals surface area contributed by atoms with Gasteiger partial charge < -0.3 is 10.6 Å². The number of halogens is 1. The van der Waals surface area contributed by atoms with Crippen LogP contribution >= 0.6 is 0 Å². The van der Waals surface area contributed by atoms with E-state index in [0.29, 0.717) is 18.7 Å². The molecule has 1 atom stereocenters. The molecule has 0 radical (unpaired) electrons. The number of hydrogen-bond acceptors (Lipinski definition) is 2. The first kappa shape index (κ1) is 10.7. The topological polar surface area (TPSA) is 46.3 Å². The molecule has 0 spiro atoms. The van der Waals surface area contributed by atoms with E-state index in [2.05, 4.69) is 0 Å². The third-order valence-corrected chi connectivity index (χ3v) is 3.91. The van der Waals surface area contributed by atoms with Crippen LogP contribution in [-0.4, -0.2) is 18.0 Å². The highest BCUT2D eigenvalue weighted by Crippen LogP contribution is 2.44. The van der Waals surface area contributed by atoms with Gasteiger partial charge in [-0.2, -0.15) is 0 Å². The molecule has 3 rings (SSSR count). The van der Waals surface area contributed by atoms with Crippen molar-refractivity contribution < 1.29 is 9.18 Å². The summed E-state index contributed by atoms with van der Waals surface area (Å²) in [5.41, 5.74) is 6.33. The summed E-state index contributed by atoms with van der Waals surface area (Å²) in [7, 11) is 0. The number of hydrogen-bond donors (Lipinski definition) is 1. The molecule has 1 saturated carbocycles. The van der Waals surface area contributed by atoms with Crippen LogP contribution in [0.4, 0.5) is 10.1 Å². The maximum absolute atomic E-state index is 13.6. The first-order valence-electron chi connectivity index (χ1n) is 5.94. The zero-order valence-corrected chi connectivity index (χ0v) is 9.53. The normalized spacial score (nSPS) is 26.4. The van der Waals surface area contributed by atoms with E-state index in [1.54, 1.807) is 18.2 Å². The Kier molecular flexibility index (Phi) is 2.23. The highest BCUT2D eigenvalue weighted by molar-refractivity contribution is 5.96. The Morgan fingerprint density at radius 1 is 1.35 bits per heavy atom. The Labute approximate surface area is 99.4 Å². The number of nitrogens with two attached hydrogens (primary N) is 1. The number of para-hydroxylation sites is 1. The van der Waals surface area contributed by atoms with E-state index in [1.165, 1.54) is 11.0 Å². The summed E-state index contributed by atoms with van der Waals surface area (Å²) in [6.07, 6.45) is 2.41. The van der Waals surface area contributed by atoms with Gasteiger partial charge in [0.1, 0.15) is 5.82 Å². The van der Waals surface area contributed by atoms with Gasteiger partial charge in [-0.05, 0) is 25.0 Å². The SMILES string of the molecule is NC1(C2CC(=O)N(c3ccccc3F)C2)CC1. The Morgan fingerprint density at radius 3 is 2.71 bits per heavy atom. The fourth-order valence-electron chi connectivity index (χ4n) is 2.55. The summed E-state index contributed by atoms with van der Waals surface area (Å²) in [5.74, 6) is -0.185. The zero-order chi connectivity index (χ0) is 12.0. The van der Waals surface area contributed by atoms with Gasteiger partial charge in [0.05, 0.1) is 5.69 Å². The minimum absolute atomic E-state index is 0.0168. The fourth-order valence-corrected chi connectivity index (χ4v) is 2.55. The lowest BCUT2D eigenvalue weighted by Gasteiger charge is -2.20. The molecule has 1 aromatic carbocycles. The predicted octanol–water partition coefficient (Wildman–Crippen LogP) is 1.67. The lowest BCUT2D eigenvalue weighted by atomic mass is 9.97. The van der Waals surface area contributed by atoms with Crippen LogP contribution in [0.5, 0.6) is 0 Å². The zero-order valence-electron chi connectivity index (χ0n) is 9.53. The highest BCUT2D eigenvalue weighted by atomic mass is 19.1. The van der Waals surface area contributed by atoms with Gasteiger partial charge in [0.15, 0.2) is 0 Å². The average molecular weight is 234 g/mol. The summed E-state index contributed by atoms with van der Waals surface area (Å²) in [6.45, 7) is 0.552. The standard InChI is InChI=1S/C13H15FN2O/c14-10-3-1-2-4-11(10)16-8-9(7-12(16)17)13(15)5-6-13/h1-4,9H,5-8,15H2. The molecule has 2 aliphatic rings. The van der Waals surface area contributed by atoms with Crippen LogP contribution in [0.3, 0.4) is 0 Å². The molecular weight excluding hydrogens is 219 g/mol. The second-order valence-corrected chi connectivity index (χ2v) is 5.09. The number of benzene rings is 1. The quantitative estimate of drug-likeness (QED) is 0.846. The first-order chi connectivity index (χ1) is 8.10. The Morgan fingerprint density at radius 2 is 2.06 bits per heavy atom. The van der Waals surface area contributed by atoms with Crippen LogP contribution in [0.1, 0.15) is 19.3 Å². The van der Waals surface area contributed by atoms with Gasteiger partial charge in [-0.3, -0.25) is 4.79 Å². The van der Waals surface area contributed by atoms with Gasteiger partial charge in [0.2, 0.25) is 5.91 Å². The molecule has 1 unspecified atom stereocenters. The van der Waals surface area contributed by atoms with E-state index in [4.69, 9.17) is 5.73 Å². The molecule has 1 aromatic rings. The minimum atomic E-state index is -0.344. The van der Waals surface area contributed by atoms with Crippen molar-refractivity contribution in [3.05, 3.63) is 30.1 Å². The Bertz CT molecular complexity index is 470. The largest absolute Gasteiger partial charge is 0.325 e. The van der Waals surface area contributed by atoms with Gasteiger partial charge >= 0.3 is 0 Å². The third kappa shape index (κ3) is 1.72. The van der Waals surface area contributed by atoms with E-state index >= 15 is 0 Å². The second-order valence-electron chi connectivity index (χ2n) is 5.09. The van der Waals surface area contributed by atoms with Gasteiger partial charge in [-0.25, -0.2) is 4.39 Å². The maximum Gasteiger partial charge on any atom is 0.227 e. The summed E-state index contributed by atoms with van der Waals surface area (Å²) in [5, 5.41) is 0. The molecule has 1 heterocycles. The highest BCUT2D eigenvalue weighted by Gasteiger charge is 2.50. The monoisotopic (exact) mass is 234 g/mol. The van der Waals surface area contributed by atoms with Gasteiger partial charge in [0.25, 0.3) is 0 Å². The molecule has 2 fully saturated rings. The first-order valence-corrected chi connectivity index (χ1v) is 5.94. The fraction of sp³-hybridized carbons (Fsp3) is 0.462. The molecule has 0 aromatic heterocycles. The number of rotatable bonds is 2. The van der Waals surface area contributed by atoms with E-state index < -0.39 is 0 Å². The number of anilines is 1. The lowest BCUT2D eigenvalue weighted by molar-refractivity contribution is -0.117. The number of carbonyl (C=O) groups excluding carboxylic acids is 1. The number of amides is 1. The molecule has 1 amide bonds. The van der Waals surface area contributed by atoms with E-state index in [9.17, 15) is 9.18 Å². The van der Waals surface area contributed by atoms with E-state index in [-0.39, 0.29) is 23.2 Å². The van der Waals surface area contributed by atoms with Crippen LogP contribution in [0.2, 0.25) is 0 Å². The summed E-state index contributed by atoms with van der Waals surface area (Å²) in [4.78, 5) is 13.5. The van der Waals surface area contributed by atoms with Gasteiger partial charge in [-0.15, -0.1) is 0 Å². The van der Waals surface area contributed by atoms with Crippen LogP contribution in [-0.2, 0) is 4.79 Å². The van der Waals surface area contributed by atoms with Crippen molar-refractivity contribution in [1.82, 2.24) is 0 Å². The van der Waals surface area contributed by atoms with E-state index in [0.717, 1.165) is 12.8 Å². The van der Waals surface area contributed by atoms with Crippen LogP contribution in [0.25, 0.3) is 0 Å². The van der Waals surface area contributed by atoms with Gasteiger partial charge in [-0.1, -0.05) is 12.1 Å². The van der Waals surface area contributed by atoms with Crippen molar-refractivity contribution in [1.29, 1.82) is 0 Å². The molecule has 90 valence electrons. The third-order valence-electron chi connectivity index (χ3n) is 3.91. The van der Waals surface area contributed by atoms with E-state index in [1.807, 2.05) is 0 Å². The molecule has 17 heavy (non-hydrogen) atoms. The second kappa shape index (κ2) is 3.53. The van der Waals surface area contributed by atoms with Crippen molar-refractivity contribution in [3.8, 4) is 0 Å². The Hall–Kier alpha value is -1.42. The minimum Gasteiger partial charge on any atom is -0.325 e. The van der Waals surface area contributed by atoms with Crippen LogP contribution in [0.15, 0.2) is 24.3 Å². The molecule has 4 heteroatoms. The summed E-state index contributed by atoms with van der Waals surface area (Å²) in [6, 6.07) is 6.40. The molecular formula is C13H15FN2O. The number of nitrogens with zero attached hydrogens (tertiary/aromatic N) is 1. The van der Waals surface area contributed by atoms with Crippen molar-refractivity contribution in [2.75, 3.05) is 11.4 Å². The maximum atomic E-state index is 13.6. The van der Waals surface area contributed by atoms with Crippen molar-refractivity contribution in [2.24, 2.45) is 11.7 Å². The molecule has 1 aliphatic heterocycles. The Balaban J connectivity index is 1.85. The van der Waals surface area contributed by atoms with Crippen molar-refractivity contribution >= 4 is 11.6 Å². The summed E-state index contributed by atoms with van der Waals surface area (Å²) >= 11 is 0. The average Bonchev–Trinajstić information content (AvgIpc) is 2.93. The number of carbonyl (C=O) groups is 1. The van der Waals surface area contributed by atoms with Crippen LogP contribution < -0.4 is 10.6 Å². The van der Waals surface area contributed by atoms with Crippen molar-refractivity contribution in [3.63, 3.8) is 0 Å². The van der Waals surface area contributed by atoms with Crippen molar-refractivity contribution in [2.45, 2.75) is 24.8 Å². The molecule has 1 aliphatic carbocycles. The summed E-state index contributed by atoms with van der Waals surface area (Å²) < 4.78 is 13.6. The predicted molar refractivity (Wildman–Crippen MR) is 63.0 cm³/mol. The smallest absolute Gasteiger partial charge is 0.227 e.